The first-order valence-corrected chi connectivity index (χ1v) is 6.35. The monoisotopic (exact) mass is 275 g/mol. The lowest BCUT2D eigenvalue weighted by atomic mass is 10.1. The van der Waals surface area contributed by atoms with Gasteiger partial charge in [0.25, 0.3) is 0 Å². The first kappa shape index (κ1) is 15.8. The standard InChI is InChI=1S/C16H21NO3/c1-6-8-9-14-12(7-2)10-13(11-19-14)17-15(18)20-16(3,4)5/h6-10H,1-2,11H2,3-5H3,(H,17,18)/b9-8-. The molecule has 0 aromatic carbocycles. The minimum absolute atomic E-state index is 0.271. The highest BCUT2D eigenvalue weighted by atomic mass is 16.6. The maximum Gasteiger partial charge on any atom is 0.412 e. The molecule has 0 spiro atoms. The Labute approximate surface area is 120 Å². The zero-order chi connectivity index (χ0) is 15.2. The summed E-state index contributed by atoms with van der Waals surface area (Å²) in [5.41, 5.74) is 0.889. The van der Waals surface area contributed by atoms with Crippen molar-refractivity contribution in [3.63, 3.8) is 0 Å². The van der Waals surface area contributed by atoms with Crippen LogP contribution in [0.15, 0.2) is 60.6 Å². The molecule has 0 atom stereocenters. The SMILES string of the molecule is C=C/C=C\C1=C(C=C)C=C(NC(=O)OC(C)(C)C)CO1. The van der Waals surface area contributed by atoms with E-state index in [2.05, 4.69) is 18.5 Å². The Bertz CT molecular complexity index is 490. The molecule has 108 valence electrons. The van der Waals surface area contributed by atoms with E-state index in [0.29, 0.717) is 11.5 Å². The van der Waals surface area contributed by atoms with E-state index in [0.717, 1.165) is 5.57 Å². The van der Waals surface area contributed by atoms with Crippen molar-refractivity contribution in [1.82, 2.24) is 5.32 Å². The molecule has 0 unspecified atom stereocenters. The summed E-state index contributed by atoms with van der Waals surface area (Å²) < 4.78 is 10.7. The van der Waals surface area contributed by atoms with E-state index < -0.39 is 11.7 Å². The lowest BCUT2D eigenvalue weighted by Crippen LogP contribution is -2.33. The summed E-state index contributed by atoms with van der Waals surface area (Å²) >= 11 is 0. The van der Waals surface area contributed by atoms with Crippen LogP contribution in [0, 0.1) is 0 Å². The first-order chi connectivity index (χ1) is 9.35. The van der Waals surface area contributed by atoms with Crippen LogP contribution in [0.1, 0.15) is 20.8 Å². The normalized spacial score (nSPS) is 15.4. The highest BCUT2D eigenvalue weighted by Gasteiger charge is 2.18. The average Bonchev–Trinajstić information content (AvgIpc) is 2.34. The Morgan fingerprint density at radius 3 is 2.70 bits per heavy atom. The summed E-state index contributed by atoms with van der Waals surface area (Å²) in [5.74, 6) is 0.689. The molecule has 0 saturated heterocycles. The molecule has 1 aliphatic heterocycles. The molecule has 0 fully saturated rings. The van der Waals surface area contributed by atoms with E-state index in [1.165, 1.54) is 0 Å². The molecule has 0 aliphatic carbocycles. The molecule has 1 aliphatic rings. The molecule has 1 N–H and O–H groups in total. The molecule has 0 aromatic heterocycles. The Morgan fingerprint density at radius 1 is 1.45 bits per heavy atom. The van der Waals surface area contributed by atoms with Gasteiger partial charge < -0.3 is 9.47 Å². The van der Waals surface area contributed by atoms with Gasteiger partial charge in [0.15, 0.2) is 0 Å². The van der Waals surface area contributed by atoms with E-state index in [1.807, 2.05) is 26.8 Å². The Morgan fingerprint density at radius 2 is 2.15 bits per heavy atom. The van der Waals surface area contributed by atoms with Gasteiger partial charge in [-0.15, -0.1) is 0 Å². The fourth-order valence-electron chi connectivity index (χ4n) is 1.51. The molecule has 1 heterocycles. The van der Waals surface area contributed by atoms with Crippen LogP contribution < -0.4 is 5.32 Å². The second-order valence-corrected chi connectivity index (χ2v) is 5.20. The van der Waals surface area contributed by atoms with E-state index in [9.17, 15) is 4.79 Å². The van der Waals surface area contributed by atoms with Crippen LogP contribution in [-0.4, -0.2) is 18.3 Å². The highest BCUT2D eigenvalue weighted by Crippen LogP contribution is 2.19. The van der Waals surface area contributed by atoms with Crippen molar-refractivity contribution in [2.24, 2.45) is 0 Å². The van der Waals surface area contributed by atoms with Crippen molar-refractivity contribution >= 4 is 6.09 Å². The van der Waals surface area contributed by atoms with Crippen molar-refractivity contribution in [1.29, 1.82) is 0 Å². The number of allylic oxidation sites excluding steroid dienone is 6. The zero-order valence-electron chi connectivity index (χ0n) is 12.2. The number of carbonyl (C=O) groups excluding carboxylic acids is 1. The third kappa shape index (κ3) is 5.18. The number of nitrogens with one attached hydrogen (secondary N) is 1. The number of hydrogen-bond donors (Lipinski definition) is 1. The van der Waals surface area contributed by atoms with Crippen LogP contribution in [0.2, 0.25) is 0 Å². The van der Waals surface area contributed by atoms with Gasteiger partial charge in [-0.25, -0.2) is 4.79 Å². The lowest BCUT2D eigenvalue weighted by Gasteiger charge is -2.22. The van der Waals surface area contributed by atoms with Gasteiger partial charge in [0.1, 0.15) is 18.0 Å². The summed E-state index contributed by atoms with van der Waals surface area (Å²) in [7, 11) is 0. The number of amides is 1. The maximum atomic E-state index is 11.7. The van der Waals surface area contributed by atoms with Gasteiger partial charge in [-0.1, -0.05) is 31.4 Å². The number of rotatable bonds is 4. The maximum absolute atomic E-state index is 11.7. The molecule has 0 saturated carbocycles. The molecule has 4 heteroatoms. The molecule has 4 nitrogen and oxygen atoms in total. The molecule has 0 aromatic rings. The summed E-state index contributed by atoms with van der Waals surface area (Å²) in [4.78, 5) is 11.7. The molecular formula is C16H21NO3. The van der Waals surface area contributed by atoms with Gasteiger partial charge in [-0.2, -0.15) is 0 Å². The van der Waals surface area contributed by atoms with Crippen LogP contribution in [0.25, 0.3) is 0 Å². The number of carbonyl (C=O) groups is 1. The quantitative estimate of drug-likeness (QED) is 0.797. The topological polar surface area (TPSA) is 47.6 Å². The number of ether oxygens (including phenoxy) is 2. The van der Waals surface area contributed by atoms with Crippen molar-refractivity contribution in [2.45, 2.75) is 26.4 Å². The van der Waals surface area contributed by atoms with Crippen LogP contribution in [-0.2, 0) is 9.47 Å². The molecule has 20 heavy (non-hydrogen) atoms. The van der Waals surface area contributed by atoms with Crippen molar-refractivity contribution < 1.29 is 14.3 Å². The Kier molecular flexibility index (Phi) is 5.38. The van der Waals surface area contributed by atoms with Gasteiger partial charge in [0.05, 0.1) is 5.70 Å². The van der Waals surface area contributed by atoms with Gasteiger partial charge in [-0.3, -0.25) is 5.32 Å². The van der Waals surface area contributed by atoms with Gasteiger partial charge >= 0.3 is 6.09 Å². The Balaban J connectivity index is 2.79. The molecule has 1 amide bonds. The third-order valence-electron chi connectivity index (χ3n) is 2.26. The van der Waals surface area contributed by atoms with Crippen LogP contribution in [0.4, 0.5) is 4.79 Å². The fourth-order valence-corrected chi connectivity index (χ4v) is 1.51. The van der Waals surface area contributed by atoms with E-state index in [-0.39, 0.29) is 6.61 Å². The van der Waals surface area contributed by atoms with E-state index in [1.54, 1.807) is 24.3 Å². The summed E-state index contributed by atoms with van der Waals surface area (Å²) in [6.45, 7) is 13.0. The summed E-state index contributed by atoms with van der Waals surface area (Å²) in [5, 5.41) is 2.67. The minimum atomic E-state index is -0.533. The molecule has 1 rings (SSSR count). The van der Waals surface area contributed by atoms with Gasteiger partial charge in [0.2, 0.25) is 0 Å². The highest BCUT2D eigenvalue weighted by molar-refractivity contribution is 5.70. The van der Waals surface area contributed by atoms with Gasteiger partial charge in [0, 0.05) is 5.57 Å². The smallest absolute Gasteiger partial charge is 0.412 e. The number of alkyl carbamates (subject to hydrolysis) is 1. The van der Waals surface area contributed by atoms with Gasteiger partial charge in [-0.05, 0) is 32.9 Å². The summed E-state index contributed by atoms with van der Waals surface area (Å²) in [6.07, 6.45) is 8.21. The lowest BCUT2D eigenvalue weighted by molar-refractivity contribution is 0.0536. The Hall–Kier alpha value is -2.23. The van der Waals surface area contributed by atoms with Crippen molar-refractivity contribution in [2.75, 3.05) is 6.61 Å². The van der Waals surface area contributed by atoms with E-state index in [4.69, 9.17) is 9.47 Å². The minimum Gasteiger partial charge on any atom is -0.487 e. The van der Waals surface area contributed by atoms with Crippen molar-refractivity contribution in [3.8, 4) is 0 Å². The second kappa shape index (κ2) is 6.80. The molecule has 0 bridgehead atoms. The van der Waals surface area contributed by atoms with E-state index >= 15 is 0 Å². The molecular weight excluding hydrogens is 254 g/mol. The predicted octanol–water partition coefficient (Wildman–Crippen LogP) is 3.61. The zero-order valence-corrected chi connectivity index (χ0v) is 12.2. The average molecular weight is 275 g/mol. The van der Waals surface area contributed by atoms with Crippen LogP contribution >= 0.6 is 0 Å². The van der Waals surface area contributed by atoms with Crippen LogP contribution in [0.3, 0.4) is 0 Å². The predicted molar refractivity (Wildman–Crippen MR) is 80.0 cm³/mol. The molecule has 0 radical (unpaired) electrons. The second-order valence-electron chi connectivity index (χ2n) is 5.20. The first-order valence-electron chi connectivity index (χ1n) is 6.35. The largest absolute Gasteiger partial charge is 0.487 e. The van der Waals surface area contributed by atoms with Crippen LogP contribution in [0.5, 0.6) is 0 Å². The van der Waals surface area contributed by atoms with Crippen molar-refractivity contribution in [3.05, 3.63) is 60.6 Å². The summed E-state index contributed by atoms with van der Waals surface area (Å²) in [6, 6.07) is 0. The fraction of sp³-hybridized carbons (Fsp3) is 0.312. The third-order valence-corrected chi connectivity index (χ3v) is 2.26. The number of hydrogen-bond acceptors (Lipinski definition) is 3.